The Kier molecular flexibility index (Phi) is 4.30. The molecule has 0 aliphatic carbocycles. The van der Waals surface area contributed by atoms with Gasteiger partial charge in [-0.05, 0) is 18.6 Å². The number of amides is 1. The van der Waals surface area contributed by atoms with Crippen LogP contribution in [-0.2, 0) is 6.18 Å². The van der Waals surface area contributed by atoms with Gasteiger partial charge in [0.2, 0.25) is 0 Å². The maximum Gasteiger partial charge on any atom is 0.431 e. The zero-order chi connectivity index (χ0) is 13.8. The second kappa shape index (κ2) is 5.52. The zero-order valence-corrected chi connectivity index (χ0v) is 9.30. The first-order chi connectivity index (χ1) is 8.36. The Morgan fingerprint density at radius 2 is 2.11 bits per heavy atom. The van der Waals surface area contributed by atoms with Crippen LogP contribution in [0.4, 0.5) is 13.2 Å². The highest BCUT2D eigenvalue weighted by Crippen LogP contribution is 2.26. The summed E-state index contributed by atoms with van der Waals surface area (Å²) in [5, 5.41) is 2.39. The van der Waals surface area contributed by atoms with Crippen LogP contribution in [0.25, 0.3) is 0 Å². The lowest BCUT2D eigenvalue weighted by Gasteiger charge is -2.07. The van der Waals surface area contributed by atoms with Crippen molar-refractivity contribution in [1.82, 2.24) is 10.3 Å². The lowest BCUT2D eigenvalue weighted by atomic mass is 10.2. The number of alkyl halides is 3. The van der Waals surface area contributed by atoms with E-state index in [-0.39, 0.29) is 12.1 Å². The standard InChI is InChI=1S/C11H11F3N2O2/c1-2-3-6-15-9(17)7-4-5-8(11(12,13)14)16-10(7)18/h2,4-5H,1,3,6H2,(H,15,17)(H,16,18). The number of hydrogen-bond donors (Lipinski definition) is 2. The molecule has 0 saturated heterocycles. The number of aromatic nitrogens is 1. The van der Waals surface area contributed by atoms with Crippen LogP contribution in [0.15, 0.2) is 29.6 Å². The van der Waals surface area contributed by atoms with Crippen molar-refractivity contribution in [3.05, 3.63) is 46.4 Å². The summed E-state index contributed by atoms with van der Waals surface area (Å²) in [6.07, 6.45) is -2.57. The van der Waals surface area contributed by atoms with Gasteiger partial charge in [-0.25, -0.2) is 0 Å². The summed E-state index contributed by atoms with van der Waals surface area (Å²) >= 11 is 0. The summed E-state index contributed by atoms with van der Waals surface area (Å²) in [4.78, 5) is 24.4. The summed E-state index contributed by atoms with van der Waals surface area (Å²) < 4.78 is 36.8. The Balaban J connectivity index is 2.89. The van der Waals surface area contributed by atoms with Crippen LogP contribution in [0.1, 0.15) is 22.5 Å². The highest BCUT2D eigenvalue weighted by molar-refractivity contribution is 5.93. The molecule has 1 aromatic rings. The van der Waals surface area contributed by atoms with Gasteiger partial charge >= 0.3 is 6.18 Å². The third kappa shape index (κ3) is 3.47. The molecule has 1 amide bonds. The average molecular weight is 260 g/mol. The van der Waals surface area contributed by atoms with Gasteiger partial charge in [-0.15, -0.1) is 6.58 Å². The van der Waals surface area contributed by atoms with E-state index in [2.05, 4.69) is 11.9 Å². The summed E-state index contributed by atoms with van der Waals surface area (Å²) in [5.41, 5.74) is -2.61. The van der Waals surface area contributed by atoms with Crippen LogP contribution >= 0.6 is 0 Å². The van der Waals surface area contributed by atoms with E-state index in [0.717, 1.165) is 6.07 Å². The van der Waals surface area contributed by atoms with Crippen molar-refractivity contribution >= 4 is 5.91 Å². The second-order valence-corrected chi connectivity index (χ2v) is 3.45. The Morgan fingerprint density at radius 3 is 2.61 bits per heavy atom. The Labute approximate surface area is 101 Å². The SMILES string of the molecule is C=CCCNC(=O)c1ccc(C(F)(F)F)[nH]c1=O. The second-order valence-electron chi connectivity index (χ2n) is 3.45. The number of nitrogens with one attached hydrogen (secondary N) is 2. The highest BCUT2D eigenvalue weighted by Gasteiger charge is 2.32. The van der Waals surface area contributed by atoms with E-state index in [1.165, 1.54) is 0 Å². The van der Waals surface area contributed by atoms with Gasteiger partial charge in [-0.2, -0.15) is 13.2 Å². The van der Waals surface area contributed by atoms with Gasteiger partial charge in [0.05, 0.1) is 0 Å². The third-order valence-corrected chi connectivity index (χ3v) is 2.09. The number of pyridine rings is 1. The lowest BCUT2D eigenvalue weighted by molar-refractivity contribution is -0.141. The van der Waals surface area contributed by atoms with E-state index in [4.69, 9.17) is 0 Å². The number of hydrogen-bond acceptors (Lipinski definition) is 2. The third-order valence-electron chi connectivity index (χ3n) is 2.09. The average Bonchev–Trinajstić information content (AvgIpc) is 2.27. The minimum atomic E-state index is -4.64. The van der Waals surface area contributed by atoms with Crippen LogP contribution in [0.5, 0.6) is 0 Å². The molecule has 0 atom stereocenters. The molecule has 98 valence electrons. The number of aromatic amines is 1. The topological polar surface area (TPSA) is 62.0 Å². The molecule has 2 N–H and O–H groups in total. The molecule has 0 spiro atoms. The first kappa shape index (κ1) is 14.0. The van der Waals surface area contributed by atoms with Crippen molar-refractivity contribution in [2.45, 2.75) is 12.6 Å². The molecular formula is C11H11F3N2O2. The molecule has 4 nitrogen and oxygen atoms in total. The van der Waals surface area contributed by atoms with Gasteiger partial charge in [0.15, 0.2) is 0 Å². The lowest BCUT2D eigenvalue weighted by Crippen LogP contribution is -2.31. The van der Waals surface area contributed by atoms with E-state index >= 15 is 0 Å². The zero-order valence-electron chi connectivity index (χ0n) is 9.30. The molecular weight excluding hydrogens is 249 g/mol. The van der Waals surface area contributed by atoms with Crippen LogP contribution in [0.3, 0.4) is 0 Å². The summed E-state index contributed by atoms with van der Waals surface area (Å²) in [7, 11) is 0. The van der Waals surface area contributed by atoms with Crippen molar-refractivity contribution in [2.24, 2.45) is 0 Å². The Bertz CT molecular complexity index is 506. The molecule has 7 heteroatoms. The van der Waals surface area contributed by atoms with Crippen molar-refractivity contribution in [3.8, 4) is 0 Å². The molecule has 0 saturated carbocycles. The first-order valence-electron chi connectivity index (χ1n) is 5.06. The van der Waals surface area contributed by atoms with Crippen molar-refractivity contribution in [3.63, 3.8) is 0 Å². The highest BCUT2D eigenvalue weighted by atomic mass is 19.4. The number of carbonyl (C=O) groups excluding carboxylic acids is 1. The largest absolute Gasteiger partial charge is 0.431 e. The Hall–Kier alpha value is -2.05. The summed E-state index contributed by atoms with van der Waals surface area (Å²) in [6.45, 7) is 3.71. The van der Waals surface area contributed by atoms with Gasteiger partial charge in [-0.3, -0.25) is 9.59 Å². The van der Waals surface area contributed by atoms with Gasteiger partial charge in [0.25, 0.3) is 11.5 Å². The fourth-order valence-electron chi connectivity index (χ4n) is 1.20. The van der Waals surface area contributed by atoms with E-state index in [0.29, 0.717) is 12.5 Å². The fraction of sp³-hybridized carbons (Fsp3) is 0.273. The first-order valence-corrected chi connectivity index (χ1v) is 5.06. The molecule has 0 bridgehead atoms. The van der Waals surface area contributed by atoms with E-state index < -0.39 is 23.3 Å². The summed E-state index contributed by atoms with van der Waals surface area (Å²) in [6, 6.07) is 1.51. The van der Waals surface area contributed by atoms with Gasteiger partial charge in [0.1, 0.15) is 11.3 Å². The number of halogens is 3. The molecule has 0 aromatic carbocycles. The van der Waals surface area contributed by atoms with Gasteiger partial charge in [0, 0.05) is 6.54 Å². The van der Waals surface area contributed by atoms with Crippen LogP contribution in [0, 0.1) is 0 Å². The molecule has 0 radical (unpaired) electrons. The molecule has 0 fully saturated rings. The van der Waals surface area contributed by atoms with Gasteiger partial charge in [-0.1, -0.05) is 6.08 Å². The predicted molar refractivity (Wildman–Crippen MR) is 59.2 cm³/mol. The number of H-pyrrole nitrogens is 1. The van der Waals surface area contributed by atoms with E-state index in [1.54, 1.807) is 11.1 Å². The van der Waals surface area contributed by atoms with Crippen molar-refractivity contribution in [2.75, 3.05) is 6.54 Å². The van der Waals surface area contributed by atoms with Crippen molar-refractivity contribution in [1.29, 1.82) is 0 Å². The number of rotatable bonds is 4. The minimum absolute atomic E-state index is 0.267. The smallest absolute Gasteiger partial charge is 0.352 e. The monoisotopic (exact) mass is 260 g/mol. The quantitative estimate of drug-likeness (QED) is 0.639. The molecule has 0 aliphatic rings. The van der Waals surface area contributed by atoms with Crippen molar-refractivity contribution < 1.29 is 18.0 Å². The number of carbonyl (C=O) groups is 1. The van der Waals surface area contributed by atoms with Crippen LogP contribution < -0.4 is 10.9 Å². The molecule has 1 heterocycles. The van der Waals surface area contributed by atoms with E-state index in [9.17, 15) is 22.8 Å². The fourth-order valence-corrected chi connectivity index (χ4v) is 1.20. The molecule has 0 unspecified atom stereocenters. The maximum absolute atomic E-state index is 12.3. The molecule has 18 heavy (non-hydrogen) atoms. The van der Waals surface area contributed by atoms with Gasteiger partial charge < -0.3 is 10.3 Å². The van der Waals surface area contributed by atoms with Crippen LogP contribution in [0.2, 0.25) is 0 Å². The maximum atomic E-state index is 12.3. The normalized spacial score (nSPS) is 11.1. The summed E-state index contributed by atoms with van der Waals surface area (Å²) in [5.74, 6) is -0.716. The predicted octanol–water partition coefficient (Wildman–Crippen LogP) is 1.70. The Morgan fingerprint density at radius 1 is 1.44 bits per heavy atom. The van der Waals surface area contributed by atoms with E-state index in [1.807, 2.05) is 0 Å². The molecule has 1 rings (SSSR count). The molecule has 1 aromatic heterocycles. The molecule has 0 aliphatic heterocycles. The minimum Gasteiger partial charge on any atom is -0.352 e. The van der Waals surface area contributed by atoms with Crippen LogP contribution in [-0.4, -0.2) is 17.4 Å².